The summed E-state index contributed by atoms with van der Waals surface area (Å²) in [5.74, 6) is 0.223. The van der Waals surface area contributed by atoms with E-state index in [2.05, 4.69) is 16.5 Å². The van der Waals surface area contributed by atoms with Gasteiger partial charge in [0.05, 0.1) is 6.04 Å². The molecule has 2 rings (SSSR count). The van der Waals surface area contributed by atoms with Crippen LogP contribution in [0.2, 0.25) is 0 Å². The summed E-state index contributed by atoms with van der Waals surface area (Å²) in [5.41, 5.74) is 0. The lowest BCUT2D eigenvalue weighted by Crippen LogP contribution is -2.51. The number of rotatable bonds is 4. The Morgan fingerprint density at radius 1 is 1.32 bits per heavy atom. The fourth-order valence-electron chi connectivity index (χ4n) is 3.05. The molecule has 1 unspecified atom stereocenters. The Kier molecular flexibility index (Phi) is 5.32. The normalized spacial score (nSPS) is 27.7. The van der Waals surface area contributed by atoms with Crippen molar-refractivity contribution in [1.29, 1.82) is 0 Å². The third kappa shape index (κ3) is 3.75. The van der Waals surface area contributed by atoms with E-state index in [0.29, 0.717) is 25.9 Å². The highest BCUT2D eigenvalue weighted by Gasteiger charge is 2.34. The average molecular weight is 288 g/mol. The van der Waals surface area contributed by atoms with Gasteiger partial charge in [0, 0.05) is 30.4 Å². The van der Waals surface area contributed by atoms with Crippen LogP contribution in [0.3, 0.4) is 0 Å². The molecule has 2 saturated heterocycles. The first-order valence-electron chi connectivity index (χ1n) is 7.00. The minimum Gasteiger partial charge on any atom is -0.760 e. The second kappa shape index (κ2) is 6.78. The van der Waals surface area contributed by atoms with Crippen LogP contribution >= 0.6 is 0 Å². The number of carbonyl (C=O) groups excluding carboxylic acids is 1. The van der Waals surface area contributed by atoms with Gasteiger partial charge in [0.25, 0.3) is 0 Å². The molecular weight excluding hydrogens is 266 g/mol. The Balaban J connectivity index is 1.83. The quantitative estimate of drug-likeness (QED) is 0.730. The highest BCUT2D eigenvalue weighted by atomic mass is 32.2. The summed E-state index contributed by atoms with van der Waals surface area (Å²) in [6, 6.07) is 0.0244. The van der Waals surface area contributed by atoms with Gasteiger partial charge in [0.2, 0.25) is 5.91 Å². The lowest BCUT2D eigenvalue weighted by atomic mass is 10.0. The van der Waals surface area contributed by atoms with Crippen molar-refractivity contribution in [2.45, 2.75) is 44.7 Å². The molecule has 19 heavy (non-hydrogen) atoms. The van der Waals surface area contributed by atoms with Crippen molar-refractivity contribution in [3.63, 3.8) is 0 Å². The number of nitrogens with zero attached hydrogens (tertiary/aromatic N) is 2. The van der Waals surface area contributed by atoms with Crippen molar-refractivity contribution < 1.29 is 13.6 Å². The van der Waals surface area contributed by atoms with Gasteiger partial charge >= 0.3 is 0 Å². The SMILES string of the molecule is CCN1CCC[C@H]1C(=O)N1CCC(NS(=O)[O-])CC1. The van der Waals surface area contributed by atoms with Crippen LogP contribution in [-0.4, -0.2) is 62.7 Å². The molecule has 2 atom stereocenters. The lowest BCUT2D eigenvalue weighted by Gasteiger charge is -2.35. The van der Waals surface area contributed by atoms with Crippen LogP contribution in [0, 0.1) is 0 Å². The highest BCUT2D eigenvalue weighted by Crippen LogP contribution is 2.21. The van der Waals surface area contributed by atoms with Crippen LogP contribution in [0.1, 0.15) is 32.6 Å². The van der Waals surface area contributed by atoms with Gasteiger partial charge in [-0.05, 0) is 38.8 Å². The molecule has 0 saturated carbocycles. The second-order valence-electron chi connectivity index (χ2n) is 5.24. The Morgan fingerprint density at radius 3 is 2.58 bits per heavy atom. The average Bonchev–Trinajstić information content (AvgIpc) is 2.86. The van der Waals surface area contributed by atoms with Crippen molar-refractivity contribution in [2.75, 3.05) is 26.2 Å². The van der Waals surface area contributed by atoms with E-state index < -0.39 is 11.3 Å². The first-order chi connectivity index (χ1) is 9.11. The van der Waals surface area contributed by atoms with Crippen LogP contribution in [0.5, 0.6) is 0 Å². The third-order valence-corrected chi connectivity index (χ3v) is 4.65. The molecule has 2 fully saturated rings. The van der Waals surface area contributed by atoms with Gasteiger partial charge in [-0.25, -0.2) is 4.72 Å². The molecule has 0 aliphatic carbocycles. The van der Waals surface area contributed by atoms with Gasteiger partial charge in [-0.3, -0.25) is 13.9 Å². The second-order valence-corrected chi connectivity index (χ2v) is 5.94. The Bertz CT molecular complexity index is 345. The van der Waals surface area contributed by atoms with Gasteiger partial charge in [-0.15, -0.1) is 0 Å². The van der Waals surface area contributed by atoms with Crippen LogP contribution in [0.15, 0.2) is 0 Å². The first-order valence-corrected chi connectivity index (χ1v) is 8.07. The Morgan fingerprint density at radius 2 is 2.00 bits per heavy atom. The summed E-state index contributed by atoms with van der Waals surface area (Å²) in [6.45, 7) is 5.33. The van der Waals surface area contributed by atoms with E-state index in [1.54, 1.807) is 0 Å². The van der Waals surface area contributed by atoms with E-state index in [1.807, 2.05) is 4.90 Å². The monoisotopic (exact) mass is 288 g/mol. The van der Waals surface area contributed by atoms with Gasteiger partial charge < -0.3 is 9.45 Å². The zero-order chi connectivity index (χ0) is 13.8. The van der Waals surface area contributed by atoms with Crippen molar-refractivity contribution >= 4 is 17.2 Å². The molecule has 2 heterocycles. The summed E-state index contributed by atoms with van der Waals surface area (Å²) >= 11 is -2.21. The fourth-order valence-corrected chi connectivity index (χ4v) is 3.56. The molecule has 0 radical (unpaired) electrons. The number of likely N-dealkylation sites (N-methyl/N-ethyl adjacent to an activating group) is 1. The Labute approximate surface area is 116 Å². The molecule has 110 valence electrons. The number of hydrogen-bond acceptors (Lipinski definition) is 4. The zero-order valence-electron chi connectivity index (χ0n) is 11.3. The molecule has 2 aliphatic rings. The predicted molar refractivity (Wildman–Crippen MR) is 71.9 cm³/mol. The maximum Gasteiger partial charge on any atom is 0.239 e. The molecule has 0 spiro atoms. The largest absolute Gasteiger partial charge is 0.760 e. The number of hydrogen-bond donors (Lipinski definition) is 1. The van der Waals surface area contributed by atoms with E-state index >= 15 is 0 Å². The first kappa shape index (κ1) is 14.9. The molecule has 6 nitrogen and oxygen atoms in total. The Hall–Kier alpha value is -0.500. The van der Waals surface area contributed by atoms with Crippen LogP contribution in [0.4, 0.5) is 0 Å². The number of piperidine rings is 1. The number of carbonyl (C=O) groups is 1. The molecule has 0 aromatic rings. The van der Waals surface area contributed by atoms with E-state index in [9.17, 15) is 13.6 Å². The van der Waals surface area contributed by atoms with Crippen molar-refractivity contribution in [3.8, 4) is 0 Å². The van der Waals surface area contributed by atoms with Crippen LogP contribution in [0.25, 0.3) is 0 Å². The standard InChI is InChI=1S/C12H23N3O3S/c1-2-14-7-3-4-11(14)12(16)15-8-5-10(6-9-15)13-19(17)18/h10-11,13H,2-9H2,1H3,(H,17,18)/p-1/t11-/m0/s1. The van der Waals surface area contributed by atoms with E-state index in [-0.39, 0.29) is 18.0 Å². The summed E-state index contributed by atoms with van der Waals surface area (Å²) in [6.07, 6.45) is 3.46. The summed E-state index contributed by atoms with van der Waals surface area (Å²) in [5, 5.41) is 0. The van der Waals surface area contributed by atoms with Gasteiger partial charge in [-0.1, -0.05) is 6.92 Å². The minimum atomic E-state index is -2.21. The molecule has 0 aromatic carbocycles. The predicted octanol–water partition coefficient (Wildman–Crippen LogP) is -0.155. The topological polar surface area (TPSA) is 75.7 Å². The van der Waals surface area contributed by atoms with E-state index in [1.165, 1.54) is 0 Å². The van der Waals surface area contributed by atoms with Crippen molar-refractivity contribution in [1.82, 2.24) is 14.5 Å². The van der Waals surface area contributed by atoms with Gasteiger partial charge in [-0.2, -0.15) is 0 Å². The summed E-state index contributed by atoms with van der Waals surface area (Å²) in [4.78, 5) is 16.6. The highest BCUT2D eigenvalue weighted by molar-refractivity contribution is 7.77. The van der Waals surface area contributed by atoms with Crippen LogP contribution < -0.4 is 4.72 Å². The maximum atomic E-state index is 12.4. The van der Waals surface area contributed by atoms with Crippen LogP contribution in [-0.2, 0) is 16.1 Å². The third-order valence-electron chi connectivity index (χ3n) is 4.12. The number of nitrogens with one attached hydrogen (secondary N) is 1. The van der Waals surface area contributed by atoms with Crippen molar-refractivity contribution in [2.24, 2.45) is 0 Å². The summed E-state index contributed by atoms with van der Waals surface area (Å²) < 4.78 is 23.7. The lowest BCUT2D eigenvalue weighted by molar-refractivity contribution is -0.137. The molecule has 2 aliphatic heterocycles. The number of likely N-dealkylation sites (tertiary alicyclic amines) is 2. The smallest absolute Gasteiger partial charge is 0.239 e. The molecule has 0 bridgehead atoms. The molecule has 1 amide bonds. The van der Waals surface area contributed by atoms with E-state index in [4.69, 9.17) is 0 Å². The minimum absolute atomic E-state index is 0.0201. The van der Waals surface area contributed by atoms with Crippen molar-refractivity contribution in [3.05, 3.63) is 0 Å². The number of amides is 1. The zero-order valence-corrected chi connectivity index (χ0v) is 12.2. The fraction of sp³-hybridized carbons (Fsp3) is 0.917. The van der Waals surface area contributed by atoms with Gasteiger partial charge in [0.1, 0.15) is 0 Å². The molecule has 1 N–H and O–H groups in total. The molecule has 0 aromatic heterocycles. The molecule has 7 heteroatoms. The van der Waals surface area contributed by atoms with E-state index in [0.717, 1.165) is 25.9 Å². The van der Waals surface area contributed by atoms with Gasteiger partial charge in [0.15, 0.2) is 0 Å². The maximum absolute atomic E-state index is 12.4. The molecular formula is C12H22N3O3S-. The summed E-state index contributed by atoms with van der Waals surface area (Å²) in [7, 11) is 0.